The molecule has 0 atom stereocenters. The first-order valence-corrected chi connectivity index (χ1v) is 6.18. The number of aliphatic carboxylic acids is 1. The summed E-state index contributed by atoms with van der Waals surface area (Å²) in [4.78, 5) is 10.7. The smallest absolute Gasteiger partial charge is 0.331 e. The maximum atomic E-state index is 10.7. The molecule has 0 spiro atoms. The molecule has 3 nitrogen and oxygen atoms in total. The highest BCUT2D eigenvalue weighted by Gasteiger charge is 2.03. The Bertz CT molecular complexity index is 413. The van der Waals surface area contributed by atoms with Crippen molar-refractivity contribution in [3.05, 3.63) is 46.0 Å². The van der Waals surface area contributed by atoms with Gasteiger partial charge in [-0.2, -0.15) is 0 Å². The Kier molecular flexibility index (Phi) is 5.94. The maximum Gasteiger partial charge on any atom is 0.331 e. The fraction of sp³-hybridized carbons (Fsp3) is 0.308. The molecule has 17 heavy (non-hydrogen) atoms. The molecule has 4 heteroatoms. The summed E-state index contributed by atoms with van der Waals surface area (Å²) >= 11 is 3.42. The molecule has 0 aliphatic rings. The third-order valence-corrected chi connectivity index (χ3v) is 3.09. The van der Waals surface area contributed by atoms with Gasteiger partial charge in [0.05, 0.1) is 13.2 Å². The molecule has 0 aromatic heterocycles. The molecule has 0 saturated carbocycles. The van der Waals surface area contributed by atoms with E-state index in [9.17, 15) is 4.79 Å². The molecule has 0 saturated heterocycles. The molecule has 0 aliphatic carbocycles. The summed E-state index contributed by atoms with van der Waals surface area (Å²) in [5, 5.41) is 8.80. The van der Waals surface area contributed by atoms with Gasteiger partial charge in [-0.15, -0.1) is 0 Å². The van der Waals surface area contributed by atoms with Crippen molar-refractivity contribution < 1.29 is 14.6 Å². The lowest BCUT2D eigenvalue weighted by atomic mass is 10.2. The van der Waals surface area contributed by atoms with Crippen molar-refractivity contribution >= 4 is 21.9 Å². The van der Waals surface area contributed by atoms with Gasteiger partial charge in [-0.05, 0) is 24.1 Å². The van der Waals surface area contributed by atoms with Crippen LogP contribution in [0.2, 0.25) is 0 Å². The second-order valence-electron chi connectivity index (χ2n) is 3.49. The molecule has 0 unspecified atom stereocenters. The zero-order valence-corrected chi connectivity index (χ0v) is 11.2. The lowest BCUT2D eigenvalue weighted by Gasteiger charge is -2.04. The second-order valence-corrected chi connectivity index (χ2v) is 4.35. The zero-order valence-electron chi connectivity index (χ0n) is 9.65. The minimum atomic E-state index is -0.878. The first-order valence-electron chi connectivity index (χ1n) is 5.38. The molecule has 92 valence electrons. The molecule has 0 aliphatic heterocycles. The van der Waals surface area contributed by atoms with Gasteiger partial charge in [0.25, 0.3) is 0 Å². The monoisotopic (exact) mass is 298 g/mol. The van der Waals surface area contributed by atoms with Crippen LogP contribution in [0, 0.1) is 0 Å². The Balaban J connectivity index is 2.43. The van der Waals surface area contributed by atoms with E-state index < -0.39 is 5.97 Å². The van der Waals surface area contributed by atoms with Crippen molar-refractivity contribution in [1.29, 1.82) is 0 Å². The molecule has 0 amide bonds. The van der Waals surface area contributed by atoms with E-state index in [1.807, 2.05) is 31.2 Å². The highest BCUT2D eigenvalue weighted by atomic mass is 79.9. The molecule has 0 radical (unpaired) electrons. The van der Waals surface area contributed by atoms with Crippen LogP contribution in [0.1, 0.15) is 18.9 Å². The quantitative estimate of drug-likeness (QED) is 0.647. The number of ether oxygens (including phenoxy) is 1. The predicted molar refractivity (Wildman–Crippen MR) is 69.8 cm³/mol. The van der Waals surface area contributed by atoms with E-state index in [1.54, 1.807) is 6.08 Å². The van der Waals surface area contributed by atoms with Crippen LogP contribution >= 0.6 is 15.9 Å². The standard InChI is InChI=1S/C13H15BrO3/c1-2-10(13(15)16)7-8-17-9-11-5-3-4-6-12(11)14/h3-7H,2,8-9H2,1H3,(H,15,16)/b10-7-. The van der Waals surface area contributed by atoms with Gasteiger partial charge in [0, 0.05) is 10.0 Å². The number of halogens is 1. The van der Waals surface area contributed by atoms with Gasteiger partial charge in [-0.25, -0.2) is 4.79 Å². The third-order valence-electron chi connectivity index (χ3n) is 2.32. The number of hydrogen-bond acceptors (Lipinski definition) is 2. The SMILES string of the molecule is CC/C(=C/COCc1ccccc1Br)C(=O)O. The average Bonchev–Trinajstić information content (AvgIpc) is 2.31. The van der Waals surface area contributed by atoms with Crippen molar-refractivity contribution in [1.82, 2.24) is 0 Å². The Morgan fingerprint density at radius 1 is 1.47 bits per heavy atom. The summed E-state index contributed by atoms with van der Waals surface area (Å²) in [6.45, 7) is 2.60. The van der Waals surface area contributed by atoms with Crippen LogP contribution in [0.25, 0.3) is 0 Å². The number of carboxylic acid groups (broad SMARTS) is 1. The van der Waals surface area contributed by atoms with Crippen molar-refractivity contribution in [3.63, 3.8) is 0 Å². The van der Waals surface area contributed by atoms with Crippen LogP contribution in [0.15, 0.2) is 40.4 Å². The summed E-state index contributed by atoms with van der Waals surface area (Å²) in [6.07, 6.45) is 2.12. The van der Waals surface area contributed by atoms with Gasteiger partial charge in [0.1, 0.15) is 0 Å². The van der Waals surface area contributed by atoms with Crippen LogP contribution < -0.4 is 0 Å². The number of rotatable bonds is 6. The van der Waals surface area contributed by atoms with E-state index in [0.717, 1.165) is 10.0 Å². The lowest BCUT2D eigenvalue weighted by molar-refractivity contribution is -0.132. The normalized spacial score (nSPS) is 11.5. The van der Waals surface area contributed by atoms with Crippen LogP contribution in [0.4, 0.5) is 0 Å². The lowest BCUT2D eigenvalue weighted by Crippen LogP contribution is -2.02. The number of carbonyl (C=O) groups is 1. The van der Waals surface area contributed by atoms with E-state index >= 15 is 0 Å². The van der Waals surface area contributed by atoms with E-state index in [1.165, 1.54) is 0 Å². The predicted octanol–water partition coefficient (Wildman–Crippen LogP) is 3.39. The van der Waals surface area contributed by atoms with Gasteiger partial charge in [-0.3, -0.25) is 0 Å². The minimum Gasteiger partial charge on any atom is -0.478 e. The van der Waals surface area contributed by atoms with Crippen molar-refractivity contribution in [3.8, 4) is 0 Å². The van der Waals surface area contributed by atoms with Crippen molar-refractivity contribution in [2.75, 3.05) is 6.61 Å². The first kappa shape index (κ1) is 13.9. The number of carboxylic acids is 1. The van der Waals surface area contributed by atoms with Gasteiger partial charge in [-0.1, -0.05) is 41.1 Å². The topological polar surface area (TPSA) is 46.5 Å². The minimum absolute atomic E-state index is 0.316. The molecule has 1 aromatic carbocycles. The molecule has 0 bridgehead atoms. The van der Waals surface area contributed by atoms with Crippen molar-refractivity contribution in [2.24, 2.45) is 0 Å². The molecule has 1 N–H and O–H groups in total. The van der Waals surface area contributed by atoms with Crippen LogP contribution in [-0.4, -0.2) is 17.7 Å². The summed E-state index contributed by atoms with van der Waals surface area (Å²) in [7, 11) is 0. The largest absolute Gasteiger partial charge is 0.478 e. The molecule has 1 aromatic rings. The Labute approximate surface area is 109 Å². The van der Waals surface area contributed by atoms with Crippen LogP contribution in [-0.2, 0) is 16.1 Å². The van der Waals surface area contributed by atoms with Gasteiger partial charge >= 0.3 is 5.97 Å². The van der Waals surface area contributed by atoms with E-state index in [-0.39, 0.29) is 0 Å². The first-order chi connectivity index (χ1) is 8.15. The summed E-state index contributed by atoms with van der Waals surface area (Å²) in [5.74, 6) is -0.878. The summed E-state index contributed by atoms with van der Waals surface area (Å²) < 4.78 is 6.41. The molecular formula is C13H15BrO3. The molecule has 0 heterocycles. The molecule has 0 fully saturated rings. The van der Waals surface area contributed by atoms with E-state index in [2.05, 4.69) is 15.9 Å². The maximum absolute atomic E-state index is 10.7. The zero-order chi connectivity index (χ0) is 12.7. The highest BCUT2D eigenvalue weighted by Crippen LogP contribution is 2.16. The van der Waals surface area contributed by atoms with Crippen LogP contribution in [0.3, 0.4) is 0 Å². The molecule has 1 rings (SSSR count). The number of hydrogen-bond donors (Lipinski definition) is 1. The highest BCUT2D eigenvalue weighted by molar-refractivity contribution is 9.10. The number of benzene rings is 1. The van der Waals surface area contributed by atoms with Gasteiger partial charge < -0.3 is 9.84 Å². The van der Waals surface area contributed by atoms with E-state index in [0.29, 0.717) is 25.2 Å². The van der Waals surface area contributed by atoms with Gasteiger partial charge in [0.15, 0.2) is 0 Å². The average molecular weight is 299 g/mol. The fourth-order valence-electron chi connectivity index (χ4n) is 1.33. The van der Waals surface area contributed by atoms with Gasteiger partial charge in [0.2, 0.25) is 0 Å². The Morgan fingerprint density at radius 3 is 2.76 bits per heavy atom. The third kappa shape index (κ3) is 4.71. The summed E-state index contributed by atoms with van der Waals surface area (Å²) in [5.41, 5.74) is 1.44. The fourth-order valence-corrected chi connectivity index (χ4v) is 1.73. The Hall–Kier alpha value is -1.13. The van der Waals surface area contributed by atoms with Crippen molar-refractivity contribution in [2.45, 2.75) is 20.0 Å². The summed E-state index contributed by atoms with van der Waals surface area (Å²) in [6, 6.07) is 7.79. The molecular weight excluding hydrogens is 284 g/mol. The van der Waals surface area contributed by atoms with Crippen LogP contribution in [0.5, 0.6) is 0 Å². The van der Waals surface area contributed by atoms with E-state index in [4.69, 9.17) is 9.84 Å². The Morgan fingerprint density at radius 2 is 2.18 bits per heavy atom. The second kappa shape index (κ2) is 7.25.